The van der Waals surface area contributed by atoms with Gasteiger partial charge in [0.1, 0.15) is 0 Å². The molecule has 0 amide bonds. The molecule has 0 spiro atoms. The van der Waals surface area contributed by atoms with Gasteiger partial charge in [-0.05, 0) is 5.41 Å². The predicted octanol–water partition coefficient (Wildman–Crippen LogP) is 1.60. The summed E-state index contributed by atoms with van der Waals surface area (Å²) in [7, 11) is 0. The molecule has 1 heterocycles. The van der Waals surface area contributed by atoms with Gasteiger partial charge in [-0.15, -0.1) is 0 Å². The number of carbonyl (C=O) groups is 2. The Kier molecular flexibility index (Phi) is 6.01. The molecule has 0 unspecified atom stereocenters. The molecule has 1 aliphatic rings. The number of nitrogens with zero attached hydrogens (tertiary/aromatic N) is 1. The number of hydrogen-bond acceptors (Lipinski definition) is 3. The summed E-state index contributed by atoms with van der Waals surface area (Å²) < 4.78 is 31.7. The zero-order valence-electron chi connectivity index (χ0n) is 10.6. The summed E-state index contributed by atoms with van der Waals surface area (Å²) in [4.78, 5) is 21.2. The van der Waals surface area contributed by atoms with Crippen molar-refractivity contribution in [3.8, 4) is 0 Å². The molecule has 2 N–H and O–H groups in total. The third-order valence-electron chi connectivity index (χ3n) is 2.17. The summed E-state index contributed by atoms with van der Waals surface area (Å²) in [5.41, 5.74) is 0.428. The Bertz CT molecular complexity index is 355. The highest BCUT2D eigenvalue weighted by atomic mass is 19.4. The van der Waals surface area contributed by atoms with Crippen LogP contribution in [0.3, 0.4) is 0 Å². The van der Waals surface area contributed by atoms with Gasteiger partial charge < -0.3 is 10.2 Å². The summed E-state index contributed by atoms with van der Waals surface area (Å²) in [6, 6.07) is 0. The first-order valence-electron chi connectivity index (χ1n) is 5.36. The van der Waals surface area contributed by atoms with Gasteiger partial charge in [0.2, 0.25) is 0 Å². The Labute approximate surface area is 108 Å². The lowest BCUT2D eigenvalue weighted by Crippen LogP contribution is -2.52. The fraction of sp³-hybridized carbons (Fsp3) is 0.636. The Hall–Kier alpha value is -1.57. The van der Waals surface area contributed by atoms with Crippen LogP contribution in [0, 0.1) is 5.41 Å². The van der Waals surface area contributed by atoms with E-state index in [1.807, 2.05) is 0 Å². The summed E-state index contributed by atoms with van der Waals surface area (Å²) >= 11 is 0. The van der Waals surface area contributed by atoms with Crippen LogP contribution in [0.15, 0.2) is 12.2 Å². The first-order chi connectivity index (χ1) is 8.44. The van der Waals surface area contributed by atoms with E-state index in [-0.39, 0.29) is 0 Å². The molecule has 0 bridgehead atoms. The average Bonchev–Trinajstić information content (AvgIpc) is 2.13. The van der Waals surface area contributed by atoms with Gasteiger partial charge in [0.25, 0.3) is 0 Å². The normalized spacial score (nSPS) is 18.4. The van der Waals surface area contributed by atoms with E-state index >= 15 is 0 Å². The van der Waals surface area contributed by atoms with Crippen molar-refractivity contribution in [2.75, 3.05) is 19.6 Å². The van der Waals surface area contributed by atoms with Gasteiger partial charge in [0, 0.05) is 25.7 Å². The second-order valence-electron chi connectivity index (χ2n) is 4.88. The largest absolute Gasteiger partial charge is 0.490 e. The molecule has 5 nitrogen and oxygen atoms in total. The third-order valence-corrected chi connectivity index (χ3v) is 2.17. The lowest BCUT2D eigenvalue weighted by molar-refractivity contribution is -0.192. The molecular weight excluding hydrogens is 267 g/mol. The Balaban J connectivity index is 0.000000399. The van der Waals surface area contributed by atoms with Crippen molar-refractivity contribution >= 4 is 11.9 Å². The standard InChI is InChI=1S/C9H15NO2.C2HF3O2/c1-9(2)6-10(7-9)5-3-4-8(11)12;3-2(4,5)1(6)7/h3-4H,5-7H2,1-2H3,(H,11,12);(H,6,7). The number of rotatable bonds is 3. The van der Waals surface area contributed by atoms with Gasteiger partial charge in [0.05, 0.1) is 0 Å². The van der Waals surface area contributed by atoms with E-state index < -0.39 is 18.1 Å². The lowest BCUT2D eigenvalue weighted by atomic mass is 9.84. The maximum Gasteiger partial charge on any atom is 0.490 e. The maximum atomic E-state index is 10.6. The van der Waals surface area contributed by atoms with Crippen LogP contribution in [0.1, 0.15) is 13.8 Å². The molecule has 19 heavy (non-hydrogen) atoms. The molecule has 0 aromatic rings. The van der Waals surface area contributed by atoms with E-state index in [2.05, 4.69) is 18.7 Å². The minimum absolute atomic E-state index is 0.428. The molecule has 0 aromatic heterocycles. The smallest absolute Gasteiger partial charge is 0.478 e. The van der Waals surface area contributed by atoms with Gasteiger partial charge >= 0.3 is 18.1 Å². The fourth-order valence-corrected chi connectivity index (χ4v) is 1.60. The number of halogens is 3. The van der Waals surface area contributed by atoms with Crippen LogP contribution >= 0.6 is 0 Å². The number of carboxylic acid groups (broad SMARTS) is 2. The minimum Gasteiger partial charge on any atom is -0.478 e. The number of aliphatic carboxylic acids is 2. The summed E-state index contributed by atoms with van der Waals surface area (Å²) in [6.45, 7) is 7.32. The highest BCUT2D eigenvalue weighted by molar-refractivity contribution is 5.79. The van der Waals surface area contributed by atoms with Crippen molar-refractivity contribution in [3.63, 3.8) is 0 Å². The number of hydrogen-bond donors (Lipinski definition) is 2. The topological polar surface area (TPSA) is 77.8 Å². The SMILES string of the molecule is CC1(C)CN(CC=CC(=O)O)C1.O=C(O)C(F)(F)F. The monoisotopic (exact) mass is 283 g/mol. The Morgan fingerprint density at radius 2 is 1.68 bits per heavy atom. The fourth-order valence-electron chi connectivity index (χ4n) is 1.60. The van der Waals surface area contributed by atoms with E-state index in [1.165, 1.54) is 6.08 Å². The highest BCUT2D eigenvalue weighted by Gasteiger charge is 2.38. The molecule has 1 fully saturated rings. The van der Waals surface area contributed by atoms with Crippen LogP contribution in [0.2, 0.25) is 0 Å². The van der Waals surface area contributed by atoms with Gasteiger partial charge in [0.15, 0.2) is 0 Å². The number of likely N-dealkylation sites (tertiary alicyclic amines) is 1. The van der Waals surface area contributed by atoms with Crippen molar-refractivity contribution in [2.45, 2.75) is 20.0 Å². The quantitative estimate of drug-likeness (QED) is 0.769. The number of carboxylic acids is 2. The second kappa shape index (κ2) is 6.55. The molecule has 1 rings (SSSR count). The van der Waals surface area contributed by atoms with Crippen LogP contribution < -0.4 is 0 Å². The molecular formula is C11H16F3NO4. The van der Waals surface area contributed by atoms with Gasteiger partial charge in [-0.1, -0.05) is 19.9 Å². The van der Waals surface area contributed by atoms with E-state index in [1.54, 1.807) is 6.08 Å². The Morgan fingerprint density at radius 1 is 1.26 bits per heavy atom. The second-order valence-corrected chi connectivity index (χ2v) is 4.88. The molecule has 110 valence electrons. The number of alkyl halides is 3. The first kappa shape index (κ1) is 17.4. The van der Waals surface area contributed by atoms with Gasteiger partial charge in [-0.3, -0.25) is 4.90 Å². The molecule has 8 heteroatoms. The van der Waals surface area contributed by atoms with Crippen molar-refractivity contribution in [1.82, 2.24) is 4.90 Å². The molecule has 1 saturated heterocycles. The molecule has 0 saturated carbocycles. The highest BCUT2D eigenvalue weighted by Crippen LogP contribution is 2.27. The maximum absolute atomic E-state index is 10.6. The Morgan fingerprint density at radius 3 is 1.95 bits per heavy atom. The predicted molar refractivity (Wildman–Crippen MR) is 60.7 cm³/mol. The van der Waals surface area contributed by atoms with Crippen LogP contribution in [0.25, 0.3) is 0 Å². The summed E-state index contributed by atoms with van der Waals surface area (Å²) in [5, 5.41) is 15.4. The van der Waals surface area contributed by atoms with Crippen molar-refractivity contribution in [2.24, 2.45) is 5.41 Å². The van der Waals surface area contributed by atoms with E-state index in [4.69, 9.17) is 15.0 Å². The van der Waals surface area contributed by atoms with E-state index in [0.29, 0.717) is 5.41 Å². The first-order valence-corrected chi connectivity index (χ1v) is 5.36. The van der Waals surface area contributed by atoms with Crippen LogP contribution in [0.5, 0.6) is 0 Å². The molecule has 1 aliphatic heterocycles. The zero-order valence-corrected chi connectivity index (χ0v) is 10.6. The molecule has 0 aliphatic carbocycles. The third kappa shape index (κ3) is 8.20. The summed E-state index contributed by atoms with van der Waals surface area (Å²) in [6.07, 6.45) is -2.19. The van der Waals surface area contributed by atoms with Crippen LogP contribution in [0.4, 0.5) is 13.2 Å². The average molecular weight is 283 g/mol. The van der Waals surface area contributed by atoms with Crippen molar-refractivity contribution in [1.29, 1.82) is 0 Å². The van der Waals surface area contributed by atoms with Crippen LogP contribution in [-0.4, -0.2) is 52.9 Å². The zero-order chi connectivity index (χ0) is 15.3. The van der Waals surface area contributed by atoms with Crippen molar-refractivity contribution in [3.05, 3.63) is 12.2 Å². The van der Waals surface area contributed by atoms with Gasteiger partial charge in [-0.25, -0.2) is 9.59 Å². The minimum atomic E-state index is -5.08. The molecule has 0 radical (unpaired) electrons. The van der Waals surface area contributed by atoms with E-state index in [9.17, 15) is 18.0 Å². The molecule has 0 aromatic carbocycles. The van der Waals surface area contributed by atoms with E-state index in [0.717, 1.165) is 19.6 Å². The molecule has 0 atom stereocenters. The van der Waals surface area contributed by atoms with Crippen LogP contribution in [-0.2, 0) is 9.59 Å². The van der Waals surface area contributed by atoms with Crippen molar-refractivity contribution < 1.29 is 33.0 Å². The lowest BCUT2D eigenvalue weighted by Gasteiger charge is -2.45. The van der Waals surface area contributed by atoms with Gasteiger partial charge in [-0.2, -0.15) is 13.2 Å². The summed E-state index contributed by atoms with van der Waals surface area (Å²) in [5.74, 6) is -3.62.